The third-order valence-electron chi connectivity index (χ3n) is 4.21. The summed E-state index contributed by atoms with van der Waals surface area (Å²) in [5.41, 5.74) is 4.14. The van der Waals surface area contributed by atoms with E-state index in [9.17, 15) is 4.79 Å². The predicted molar refractivity (Wildman–Crippen MR) is 110 cm³/mol. The van der Waals surface area contributed by atoms with E-state index >= 15 is 0 Å². The van der Waals surface area contributed by atoms with Gasteiger partial charge < -0.3 is 20.1 Å². The molecule has 2 aromatic carbocycles. The van der Waals surface area contributed by atoms with Crippen LogP contribution in [0.2, 0.25) is 0 Å². The van der Waals surface area contributed by atoms with E-state index in [2.05, 4.69) is 40.7 Å². The van der Waals surface area contributed by atoms with E-state index in [1.54, 1.807) is 44.7 Å². The van der Waals surface area contributed by atoms with Crippen LogP contribution < -0.4 is 20.1 Å². The minimum Gasteiger partial charge on any atom is -0.493 e. The molecule has 0 aliphatic heterocycles. The Morgan fingerprint density at radius 1 is 0.964 bits per heavy atom. The second-order valence-corrected chi connectivity index (χ2v) is 6.30. The predicted octanol–water partition coefficient (Wildman–Crippen LogP) is 4.27. The number of carbonyl (C=O) groups is 1. The smallest absolute Gasteiger partial charge is 0.274 e. The van der Waals surface area contributed by atoms with Crippen molar-refractivity contribution >= 4 is 17.3 Å². The Kier molecular flexibility index (Phi) is 6.11. The second kappa shape index (κ2) is 8.90. The monoisotopic (exact) mass is 377 g/mol. The molecule has 0 radical (unpaired) electrons. The lowest BCUT2D eigenvalue weighted by Crippen LogP contribution is -2.14. The van der Waals surface area contributed by atoms with Crippen LogP contribution in [0.5, 0.6) is 11.5 Å². The Labute approximate surface area is 164 Å². The van der Waals surface area contributed by atoms with E-state index in [0.717, 1.165) is 5.69 Å². The quantitative estimate of drug-likeness (QED) is 0.643. The Morgan fingerprint density at radius 3 is 2.54 bits per heavy atom. The molecular weight excluding hydrogens is 354 g/mol. The fourth-order valence-corrected chi connectivity index (χ4v) is 2.80. The van der Waals surface area contributed by atoms with Crippen LogP contribution in [-0.4, -0.2) is 25.1 Å². The molecule has 3 aromatic rings. The van der Waals surface area contributed by atoms with Crippen LogP contribution in [0.25, 0.3) is 0 Å². The number of ether oxygens (including phenoxy) is 2. The molecule has 28 heavy (non-hydrogen) atoms. The van der Waals surface area contributed by atoms with Crippen LogP contribution in [0.1, 0.15) is 21.6 Å². The molecule has 0 atom stereocenters. The molecule has 6 nitrogen and oxygen atoms in total. The van der Waals surface area contributed by atoms with E-state index in [1.165, 1.54) is 11.1 Å². The topological polar surface area (TPSA) is 72.5 Å². The van der Waals surface area contributed by atoms with E-state index in [1.807, 2.05) is 12.1 Å². The molecule has 144 valence electrons. The fraction of sp³-hybridized carbons (Fsp3) is 0.182. The zero-order valence-electron chi connectivity index (χ0n) is 16.2. The van der Waals surface area contributed by atoms with Crippen molar-refractivity contribution in [2.24, 2.45) is 0 Å². The Balaban J connectivity index is 1.68. The van der Waals surface area contributed by atoms with Gasteiger partial charge in [0.1, 0.15) is 5.69 Å². The molecule has 3 rings (SSSR count). The van der Waals surface area contributed by atoms with Crippen molar-refractivity contribution in [3.05, 3.63) is 77.6 Å². The Hall–Kier alpha value is -3.54. The van der Waals surface area contributed by atoms with Crippen LogP contribution in [0.3, 0.4) is 0 Å². The maximum Gasteiger partial charge on any atom is 0.274 e. The van der Waals surface area contributed by atoms with Gasteiger partial charge in [0.2, 0.25) is 0 Å². The first-order valence-corrected chi connectivity index (χ1v) is 8.88. The standard InChI is InChI=1S/C22H23N3O3/c1-15-5-4-6-16(11-15)14-24-17-9-10-23-19(12-17)22(26)25-18-7-8-20(27-2)21(13-18)28-3/h4-13H,14H2,1-3H3,(H,23,24)(H,25,26). The van der Waals surface area contributed by atoms with Crippen LogP contribution in [0.4, 0.5) is 11.4 Å². The molecule has 0 fully saturated rings. The summed E-state index contributed by atoms with van der Waals surface area (Å²) in [5, 5.41) is 6.15. The number of benzene rings is 2. The van der Waals surface area contributed by atoms with E-state index in [-0.39, 0.29) is 5.91 Å². The van der Waals surface area contributed by atoms with Crippen LogP contribution >= 0.6 is 0 Å². The van der Waals surface area contributed by atoms with Gasteiger partial charge >= 0.3 is 0 Å². The highest BCUT2D eigenvalue weighted by molar-refractivity contribution is 6.03. The van der Waals surface area contributed by atoms with Crippen LogP contribution in [-0.2, 0) is 6.54 Å². The largest absolute Gasteiger partial charge is 0.493 e. The summed E-state index contributed by atoms with van der Waals surface area (Å²) in [5.74, 6) is 0.842. The number of hydrogen-bond donors (Lipinski definition) is 2. The van der Waals surface area contributed by atoms with E-state index < -0.39 is 0 Å². The molecule has 1 heterocycles. The van der Waals surface area contributed by atoms with Gasteiger partial charge in [0.15, 0.2) is 11.5 Å². The highest BCUT2D eigenvalue weighted by Crippen LogP contribution is 2.29. The highest BCUT2D eigenvalue weighted by Gasteiger charge is 2.11. The molecule has 0 unspecified atom stereocenters. The van der Waals surface area contributed by atoms with Gasteiger partial charge in [0, 0.05) is 30.2 Å². The Morgan fingerprint density at radius 2 is 1.79 bits per heavy atom. The first kappa shape index (κ1) is 19.2. The highest BCUT2D eigenvalue weighted by atomic mass is 16.5. The summed E-state index contributed by atoms with van der Waals surface area (Å²) in [6.07, 6.45) is 1.61. The normalized spacial score (nSPS) is 10.2. The number of aromatic nitrogens is 1. The molecule has 0 aliphatic carbocycles. The maximum absolute atomic E-state index is 12.6. The number of methoxy groups -OCH3 is 2. The number of hydrogen-bond acceptors (Lipinski definition) is 5. The summed E-state index contributed by atoms with van der Waals surface area (Å²) in [6, 6.07) is 17.0. The van der Waals surface area contributed by atoms with Crippen molar-refractivity contribution in [2.75, 3.05) is 24.9 Å². The summed E-state index contributed by atoms with van der Waals surface area (Å²) >= 11 is 0. The van der Waals surface area contributed by atoms with Gasteiger partial charge in [0.05, 0.1) is 14.2 Å². The average Bonchev–Trinajstić information content (AvgIpc) is 2.72. The van der Waals surface area contributed by atoms with Gasteiger partial charge in [-0.2, -0.15) is 0 Å². The minimum absolute atomic E-state index is 0.300. The number of pyridine rings is 1. The molecule has 1 amide bonds. The molecule has 6 heteroatoms. The van der Waals surface area contributed by atoms with Crippen molar-refractivity contribution in [1.82, 2.24) is 4.98 Å². The lowest BCUT2D eigenvalue weighted by Gasteiger charge is -2.11. The molecule has 2 N–H and O–H groups in total. The molecule has 0 aliphatic rings. The zero-order valence-corrected chi connectivity index (χ0v) is 16.2. The van der Waals surface area contributed by atoms with Gasteiger partial charge in [-0.05, 0) is 36.8 Å². The molecule has 1 aromatic heterocycles. The lowest BCUT2D eigenvalue weighted by molar-refractivity contribution is 0.102. The van der Waals surface area contributed by atoms with E-state index in [0.29, 0.717) is 29.4 Å². The molecule has 0 saturated heterocycles. The molecule has 0 bridgehead atoms. The number of rotatable bonds is 7. The minimum atomic E-state index is -0.300. The van der Waals surface area contributed by atoms with Gasteiger partial charge in [-0.15, -0.1) is 0 Å². The first-order chi connectivity index (χ1) is 13.6. The molecular formula is C22H23N3O3. The summed E-state index contributed by atoms with van der Waals surface area (Å²) in [6.45, 7) is 2.73. The second-order valence-electron chi connectivity index (χ2n) is 6.30. The third-order valence-corrected chi connectivity index (χ3v) is 4.21. The molecule has 0 saturated carbocycles. The first-order valence-electron chi connectivity index (χ1n) is 8.88. The third kappa shape index (κ3) is 4.79. The van der Waals surface area contributed by atoms with Crippen LogP contribution in [0.15, 0.2) is 60.8 Å². The van der Waals surface area contributed by atoms with Crippen molar-refractivity contribution in [3.8, 4) is 11.5 Å². The Bertz CT molecular complexity index is 973. The number of anilines is 2. The zero-order chi connectivity index (χ0) is 19.9. The lowest BCUT2D eigenvalue weighted by atomic mass is 10.1. The van der Waals surface area contributed by atoms with Crippen molar-refractivity contribution < 1.29 is 14.3 Å². The van der Waals surface area contributed by atoms with Gasteiger partial charge in [-0.25, -0.2) is 0 Å². The van der Waals surface area contributed by atoms with Gasteiger partial charge in [-0.3, -0.25) is 9.78 Å². The fourth-order valence-electron chi connectivity index (χ4n) is 2.80. The average molecular weight is 377 g/mol. The number of amides is 1. The number of aryl methyl sites for hydroxylation is 1. The van der Waals surface area contributed by atoms with Gasteiger partial charge in [-0.1, -0.05) is 29.8 Å². The van der Waals surface area contributed by atoms with Crippen molar-refractivity contribution in [1.29, 1.82) is 0 Å². The maximum atomic E-state index is 12.6. The summed E-state index contributed by atoms with van der Waals surface area (Å²) < 4.78 is 10.5. The SMILES string of the molecule is COc1ccc(NC(=O)c2cc(NCc3cccc(C)c3)ccn2)cc1OC. The summed E-state index contributed by atoms with van der Waals surface area (Å²) in [4.78, 5) is 16.7. The number of carbonyl (C=O) groups excluding carboxylic acids is 1. The van der Waals surface area contributed by atoms with E-state index in [4.69, 9.17) is 9.47 Å². The summed E-state index contributed by atoms with van der Waals surface area (Å²) in [7, 11) is 3.11. The number of nitrogens with one attached hydrogen (secondary N) is 2. The van der Waals surface area contributed by atoms with Crippen molar-refractivity contribution in [2.45, 2.75) is 13.5 Å². The van der Waals surface area contributed by atoms with Crippen LogP contribution in [0, 0.1) is 6.92 Å². The van der Waals surface area contributed by atoms with Gasteiger partial charge in [0.25, 0.3) is 5.91 Å². The number of nitrogens with zero attached hydrogens (tertiary/aromatic N) is 1. The molecule has 0 spiro atoms. The van der Waals surface area contributed by atoms with Crippen molar-refractivity contribution in [3.63, 3.8) is 0 Å².